The number of rotatable bonds is 7. The number of amides is 2. The van der Waals surface area contributed by atoms with Crippen LogP contribution in [0.4, 0.5) is 0 Å². The first kappa shape index (κ1) is 20.3. The van der Waals surface area contributed by atoms with E-state index in [9.17, 15) is 9.59 Å². The second-order valence-corrected chi connectivity index (χ2v) is 8.87. The van der Waals surface area contributed by atoms with Crippen molar-refractivity contribution in [2.75, 3.05) is 59.2 Å². The third-order valence-electron chi connectivity index (χ3n) is 5.93. The van der Waals surface area contributed by atoms with E-state index in [0.29, 0.717) is 35.6 Å². The fourth-order valence-corrected chi connectivity index (χ4v) is 5.22. The Bertz CT molecular complexity index is 762. The molecule has 2 amide bonds. The van der Waals surface area contributed by atoms with Crippen LogP contribution in [0.5, 0.6) is 11.5 Å². The molecule has 3 fully saturated rings. The van der Waals surface area contributed by atoms with E-state index in [1.807, 2.05) is 28.0 Å². The minimum atomic E-state index is 0.0000366. The van der Waals surface area contributed by atoms with Gasteiger partial charge in [-0.1, -0.05) is 6.07 Å². The summed E-state index contributed by atoms with van der Waals surface area (Å²) in [6.45, 7) is 4.90. The molecule has 1 atom stereocenters. The topological polar surface area (TPSA) is 62.3 Å². The first-order valence-corrected chi connectivity index (χ1v) is 11.3. The van der Waals surface area contributed by atoms with Crippen molar-refractivity contribution in [1.29, 1.82) is 0 Å². The van der Waals surface area contributed by atoms with Crippen LogP contribution in [-0.4, -0.2) is 85.8 Å². The van der Waals surface area contributed by atoms with Crippen LogP contribution in [-0.2, 0) is 9.59 Å². The number of nitrogens with zero attached hydrogens (tertiary/aromatic N) is 3. The van der Waals surface area contributed by atoms with Crippen LogP contribution in [0.15, 0.2) is 18.2 Å². The summed E-state index contributed by atoms with van der Waals surface area (Å²) in [6, 6.07) is 5.86. The maximum atomic E-state index is 12.5. The molecule has 0 N–H and O–H groups in total. The highest BCUT2D eigenvalue weighted by molar-refractivity contribution is 8.00. The van der Waals surface area contributed by atoms with E-state index in [4.69, 9.17) is 9.47 Å². The lowest BCUT2D eigenvalue weighted by Gasteiger charge is -2.36. The van der Waals surface area contributed by atoms with Gasteiger partial charge in [-0.2, -0.15) is 0 Å². The van der Waals surface area contributed by atoms with Gasteiger partial charge in [0.15, 0.2) is 11.5 Å². The summed E-state index contributed by atoms with van der Waals surface area (Å²) in [7, 11) is 3.25. The van der Waals surface area contributed by atoms with Crippen molar-refractivity contribution >= 4 is 23.6 Å². The highest BCUT2D eigenvalue weighted by atomic mass is 32.2. The number of carbonyl (C=O) groups is 2. The molecule has 4 rings (SSSR count). The van der Waals surface area contributed by atoms with Gasteiger partial charge in [-0.05, 0) is 30.5 Å². The lowest BCUT2D eigenvalue weighted by atomic mass is 10.1. The van der Waals surface area contributed by atoms with E-state index in [0.717, 1.165) is 51.1 Å². The lowest BCUT2D eigenvalue weighted by Crippen LogP contribution is -2.50. The average Bonchev–Trinajstić information content (AvgIpc) is 3.54. The van der Waals surface area contributed by atoms with Crippen molar-refractivity contribution in [3.05, 3.63) is 23.8 Å². The van der Waals surface area contributed by atoms with Crippen LogP contribution in [0, 0.1) is 5.92 Å². The Morgan fingerprint density at radius 2 is 1.79 bits per heavy atom. The zero-order chi connectivity index (χ0) is 20.4. The highest BCUT2D eigenvalue weighted by Gasteiger charge is 2.36. The van der Waals surface area contributed by atoms with Crippen LogP contribution < -0.4 is 9.47 Å². The monoisotopic (exact) mass is 419 g/mol. The fourth-order valence-electron chi connectivity index (χ4n) is 4.01. The largest absolute Gasteiger partial charge is 0.493 e. The second-order valence-electron chi connectivity index (χ2n) is 7.81. The molecule has 0 radical (unpaired) electrons. The molecule has 1 unspecified atom stereocenters. The molecule has 3 aliphatic rings. The van der Waals surface area contributed by atoms with Gasteiger partial charge >= 0.3 is 0 Å². The van der Waals surface area contributed by atoms with Gasteiger partial charge in [0.05, 0.1) is 20.0 Å². The molecule has 1 aromatic rings. The van der Waals surface area contributed by atoms with Crippen LogP contribution in [0.25, 0.3) is 0 Å². The molecule has 0 bridgehead atoms. The number of hydrogen-bond acceptors (Lipinski definition) is 6. The molecule has 29 heavy (non-hydrogen) atoms. The fraction of sp³-hybridized carbons (Fsp3) is 0.619. The number of thioether (sulfide) groups is 1. The van der Waals surface area contributed by atoms with Gasteiger partial charge in [0, 0.05) is 45.2 Å². The van der Waals surface area contributed by atoms with Gasteiger partial charge in [-0.25, -0.2) is 0 Å². The minimum absolute atomic E-state index is 0.0000366. The van der Waals surface area contributed by atoms with Gasteiger partial charge in [0.25, 0.3) is 0 Å². The molecule has 0 aromatic heterocycles. The molecule has 2 saturated heterocycles. The van der Waals surface area contributed by atoms with Gasteiger partial charge in [-0.15, -0.1) is 11.8 Å². The Hall–Kier alpha value is -1.93. The van der Waals surface area contributed by atoms with Crippen LogP contribution in [0.3, 0.4) is 0 Å². The first-order valence-electron chi connectivity index (χ1n) is 10.2. The average molecular weight is 420 g/mol. The Balaban J connectivity index is 1.34. The Labute approximate surface area is 176 Å². The van der Waals surface area contributed by atoms with E-state index in [2.05, 4.69) is 4.90 Å². The van der Waals surface area contributed by atoms with Gasteiger partial charge in [0.1, 0.15) is 5.37 Å². The Morgan fingerprint density at radius 3 is 2.45 bits per heavy atom. The third kappa shape index (κ3) is 4.48. The van der Waals surface area contributed by atoms with Crippen LogP contribution in [0.1, 0.15) is 23.8 Å². The van der Waals surface area contributed by atoms with Crippen LogP contribution in [0.2, 0.25) is 0 Å². The Morgan fingerprint density at radius 1 is 1.07 bits per heavy atom. The lowest BCUT2D eigenvalue weighted by molar-refractivity contribution is -0.134. The quantitative estimate of drug-likeness (QED) is 0.672. The summed E-state index contributed by atoms with van der Waals surface area (Å²) < 4.78 is 10.8. The van der Waals surface area contributed by atoms with Crippen molar-refractivity contribution in [2.45, 2.75) is 18.2 Å². The van der Waals surface area contributed by atoms with E-state index in [-0.39, 0.29) is 11.3 Å². The zero-order valence-corrected chi connectivity index (χ0v) is 18.0. The van der Waals surface area contributed by atoms with Crippen molar-refractivity contribution in [3.63, 3.8) is 0 Å². The molecule has 0 spiro atoms. The van der Waals surface area contributed by atoms with E-state index < -0.39 is 0 Å². The van der Waals surface area contributed by atoms with Gasteiger partial charge in [-0.3, -0.25) is 14.5 Å². The number of hydrogen-bond donors (Lipinski definition) is 0. The van der Waals surface area contributed by atoms with E-state index >= 15 is 0 Å². The standard InChI is InChI=1S/C21H29N3O4S/c1-27-17-6-5-16(13-18(17)28-2)21-24(19(25)14-29-21)12-9-22-7-10-23(11-8-22)20(26)15-3-4-15/h5-6,13,15,21H,3-4,7-12,14H2,1-2H3. The molecule has 158 valence electrons. The molecular weight excluding hydrogens is 390 g/mol. The predicted octanol–water partition coefficient (Wildman–Crippen LogP) is 1.83. The molecule has 8 heteroatoms. The van der Waals surface area contributed by atoms with Crippen molar-refractivity contribution in [1.82, 2.24) is 14.7 Å². The minimum Gasteiger partial charge on any atom is -0.493 e. The van der Waals surface area contributed by atoms with Crippen LogP contribution >= 0.6 is 11.8 Å². The molecule has 2 aliphatic heterocycles. The SMILES string of the molecule is COc1ccc(C2SCC(=O)N2CCN2CCN(C(=O)C3CC3)CC2)cc1OC. The second kappa shape index (κ2) is 8.83. The van der Waals surface area contributed by atoms with Crippen molar-refractivity contribution in [3.8, 4) is 11.5 Å². The number of benzene rings is 1. The summed E-state index contributed by atoms with van der Waals surface area (Å²) in [5.74, 6) is 2.68. The molecule has 1 saturated carbocycles. The van der Waals surface area contributed by atoms with Gasteiger partial charge < -0.3 is 19.3 Å². The number of carbonyl (C=O) groups excluding carboxylic acids is 2. The van der Waals surface area contributed by atoms with E-state index in [1.54, 1.807) is 26.0 Å². The number of ether oxygens (including phenoxy) is 2. The van der Waals surface area contributed by atoms with Crippen molar-refractivity contribution < 1.29 is 19.1 Å². The predicted molar refractivity (Wildman–Crippen MR) is 112 cm³/mol. The van der Waals surface area contributed by atoms with E-state index in [1.165, 1.54) is 0 Å². The molecule has 7 nitrogen and oxygen atoms in total. The molecule has 2 heterocycles. The number of piperazine rings is 1. The smallest absolute Gasteiger partial charge is 0.233 e. The maximum Gasteiger partial charge on any atom is 0.233 e. The molecular formula is C21H29N3O4S. The highest BCUT2D eigenvalue weighted by Crippen LogP contribution is 2.41. The maximum absolute atomic E-state index is 12.5. The third-order valence-corrected chi connectivity index (χ3v) is 7.18. The zero-order valence-electron chi connectivity index (χ0n) is 17.1. The summed E-state index contributed by atoms with van der Waals surface area (Å²) in [5.41, 5.74) is 1.05. The summed E-state index contributed by atoms with van der Waals surface area (Å²) in [4.78, 5) is 31.1. The number of methoxy groups -OCH3 is 2. The summed E-state index contributed by atoms with van der Waals surface area (Å²) in [6.07, 6.45) is 2.12. The molecule has 1 aliphatic carbocycles. The first-order chi connectivity index (χ1) is 14.1. The summed E-state index contributed by atoms with van der Waals surface area (Å²) in [5, 5.41) is 0.0000366. The van der Waals surface area contributed by atoms with Gasteiger partial charge in [0.2, 0.25) is 11.8 Å². The summed E-state index contributed by atoms with van der Waals surface area (Å²) >= 11 is 1.65. The molecule has 1 aromatic carbocycles. The Kier molecular flexibility index (Phi) is 6.20. The normalized spacial score (nSPS) is 22.8. The van der Waals surface area contributed by atoms with Crippen molar-refractivity contribution in [2.24, 2.45) is 5.92 Å².